The maximum absolute atomic E-state index is 14.9. The van der Waals surface area contributed by atoms with Crippen molar-refractivity contribution in [3.63, 3.8) is 0 Å². The minimum absolute atomic E-state index is 0.0565. The van der Waals surface area contributed by atoms with E-state index < -0.39 is 227 Å². The Balaban J connectivity index is 1.14. The fourth-order valence-electron chi connectivity index (χ4n) is 11.0. The molecule has 0 saturated carbocycles. The van der Waals surface area contributed by atoms with Crippen LogP contribution in [0.4, 0.5) is 0 Å². The van der Waals surface area contributed by atoms with E-state index in [0.29, 0.717) is 12.0 Å². The highest BCUT2D eigenvalue weighted by Gasteiger charge is 2.55. The zero-order chi connectivity index (χ0) is 67.4. The highest BCUT2D eigenvalue weighted by Crippen LogP contribution is 2.33. The lowest BCUT2D eigenvalue weighted by Crippen LogP contribution is -2.70. The number of benzene rings is 2. The van der Waals surface area contributed by atoms with Crippen LogP contribution in [-0.2, 0) is 58.9 Å². The average Bonchev–Trinajstić information content (AvgIpc) is 1.50. The van der Waals surface area contributed by atoms with Crippen molar-refractivity contribution < 1.29 is 124 Å². The second-order valence-electron chi connectivity index (χ2n) is 22.7. The first-order valence-electron chi connectivity index (χ1n) is 29.6. The van der Waals surface area contributed by atoms with Crippen molar-refractivity contribution >= 4 is 47.8 Å². The van der Waals surface area contributed by atoms with Gasteiger partial charge in [0.05, 0.1) is 57.6 Å². The SMILES string of the molecule is CCCC(=O)OC1C(OC2C(CO)OC(Oc3ccc(CC(NC(=O)C(N)C(C)c4ccccc4)C(=O)NC(C(=O)NC(C(=O)NC(C=O)CO)C(O)C4CN=C(N)N4C4OC(CO)C(O)C(O)C4O)C(O)C4CN=C(N)N4)cc3)C(O)C2O)OC(CO)C(O)C1O. The summed E-state index contributed by atoms with van der Waals surface area (Å²) in [6, 6.07) is 2.07. The van der Waals surface area contributed by atoms with Gasteiger partial charge in [0.2, 0.25) is 29.9 Å². The van der Waals surface area contributed by atoms with Gasteiger partial charge in [-0.25, -0.2) is 0 Å². The van der Waals surface area contributed by atoms with Crippen molar-refractivity contribution in [1.29, 1.82) is 0 Å². The number of nitrogens with one attached hydrogen (secondary N) is 5. The molecule has 0 aliphatic carbocycles. The van der Waals surface area contributed by atoms with Gasteiger partial charge in [-0.1, -0.05) is 56.3 Å². The van der Waals surface area contributed by atoms with Crippen LogP contribution in [0.25, 0.3) is 0 Å². The molecular weight excluding hydrogens is 1230 g/mol. The van der Waals surface area contributed by atoms with Gasteiger partial charge in [0.15, 0.2) is 30.5 Å². The van der Waals surface area contributed by atoms with Gasteiger partial charge in [0.25, 0.3) is 0 Å². The number of ether oxygens (including phenoxy) is 6. The lowest BCUT2D eigenvalue weighted by atomic mass is 9.93. The first kappa shape index (κ1) is 72.5. The van der Waals surface area contributed by atoms with Crippen LogP contribution in [0.3, 0.4) is 0 Å². The van der Waals surface area contributed by atoms with Gasteiger partial charge < -0.3 is 148 Å². The Morgan fingerprint density at radius 2 is 1.29 bits per heavy atom. The number of aldehydes is 1. The van der Waals surface area contributed by atoms with Gasteiger partial charge in [0, 0.05) is 18.8 Å². The summed E-state index contributed by atoms with van der Waals surface area (Å²) in [6.07, 6.45) is -30.9. The Labute approximate surface area is 525 Å². The standard InChI is InChI=1S/C56H83N11O25/c1-3-7-33(73)91-47-42(79)40(77)31(20-71)89-54(47)92-46-32(21-72)90-53(45(82)43(46)80)87-26-12-10-23(11-13-26)14-27(63-49(84)34(57)22(2)24-8-5-4-6-9-24)48(83)65-35(37(74)28-15-60-55(58)64-28)51(86)66-36(50(85)62-25(17-68)18-69)38(75)29-16-61-56(59)67(29)52-44(81)41(78)39(76)30(19-70)88-52/h4-6,8-13,17,22,25,27-32,34-47,52-54,69-72,74-82H,3,7,14-16,18-21,57H2,1-2H3,(H2,59,61)(H,62,85)(H,63,84)(H,65,83)(H,66,86)(H3,58,60,64). The van der Waals surface area contributed by atoms with E-state index in [9.17, 15) is 95.2 Å². The quantitative estimate of drug-likeness (QED) is 0.0266. The number of aliphatic hydroxyl groups is 13. The monoisotopic (exact) mass is 1310 g/mol. The van der Waals surface area contributed by atoms with Gasteiger partial charge in [-0.2, -0.15) is 0 Å². The van der Waals surface area contributed by atoms with E-state index >= 15 is 0 Å². The molecule has 36 heteroatoms. The first-order valence-corrected chi connectivity index (χ1v) is 29.6. The van der Waals surface area contributed by atoms with Crippen molar-refractivity contribution in [2.75, 3.05) is 39.5 Å². The third kappa shape index (κ3) is 16.9. The average molecular weight is 1310 g/mol. The Kier molecular flexibility index (Phi) is 25.8. The van der Waals surface area contributed by atoms with Crippen molar-refractivity contribution in [2.24, 2.45) is 27.2 Å². The van der Waals surface area contributed by atoms with E-state index in [0.717, 1.165) is 4.90 Å². The maximum Gasteiger partial charge on any atom is 0.306 e. The lowest BCUT2D eigenvalue weighted by Gasteiger charge is -2.46. The second-order valence-corrected chi connectivity index (χ2v) is 22.7. The number of carbonyl (C=O) groups is 6. The number of nitrogens with zero attached hydrogens (tertiary/aromatic N) is 3. The highest BCUT2D eigenvalue weighted by atomic mass is 16.7. The van der Waals surface area contributed by atoms with Crippen LogP contribution >= 0.6 is 0 Å². The topological polar surface area (TPSA) is 587 Å². The van der Waals surface area contributed by atoms with E-state index in [1.807, 2.05) is 0 Å². The third-order valence-corrected chi connectivity index (χ3v) is 16.4. The van der Waals surface area contributed by atoms with E-state index in [1.165, 1.54) is 24.3 Å². The number of guanidine groups is 2. The number of amides is 4. The number of rotatable bonds is 29. The molecule has 0 aromatic heterocycles. The van der Waals surface area contributed by atoms with Crippen molar-refractivity contribution in [2.45, 2.75) is 186 Å². The summed E-state index contributed by atoms with van der Waals surface area (Å²) < 4.78 is 34.2. The Hall–Kier alpha value is -6.92. The lowest BCUT2D eigenvalue weighted by molar-refractivity contribution is -0.353. The molecule has 2 aromatic carbocycles. The number of aliphatic imine (C=N–C) groups is 2. The molecule has 24 N–H and O–H groups in total. The molecule has 3 fully saturated rings. The second kappa shape index (κ2) is 32.8. The molecule has 0 radical (unpaired) electrons. The Morgan fingerprint density at radius 1 is 0.696 bits per heavy atom. The zero-order valence-electron chi connectivity index (χ0n) is 49.9. The Bertz CT molecular complexity index is 2850. The first-order chi connectivity index (χ1) is 43.8. The number of hydrogen-bond acceptors (Lipinski definition) is 32. The summed E-state index contributed by atoms with van der Waals surface area (Å²) in [6.45, 7) is -1.07. The molecule has 92 heavy (non-hydrogen) atoms. The molecule has 25 atom stereocenters. The Morgan fingerprint density at radius 3 is 1.90 bits per heavy atom. The van der Waals surface area contributed by atoms with Crippen molar-refractivity contribution in [3.05, 3.63) is 65.7 Å². The van der Waals surface area contributed by atoms with Crippen LogP contribution in [0.5, 0.6) is 5.75 Å². The van der Waals surface area contributed by atoms with Crippen molar-refractivity contribution in [3.8, 4) is 5.75 Å². The van der Waals surface area contributed by atoms with Crippen LogP contribution in [0.1, 0.15) is 43.7 Å². The van der Waals surface area contributed by atoms with Crippen LogP contribution in [0, 0.1) is 0 Å². The van der Waals surface area contributed by atoms with Gasteiger partial charge in [-0.05, 0) is 29.7 Å². The van der Waals surface area contributed by atoms with Crippen LogP contribution in [0.15, 0.2) is 64.6 Å². The number of aliphatic hydroxyl groups excluding tert-OH is 13. The van der Waals surface area contributed by atoms with E-state index in [-0.39, 0.29) is 36.5 Å². The van der Waals surface area contributed by atoms with Gasteiger partial charge in [0.1, 0.15) is 116 Å². The number of hydrogen-bond donors (Lipinski definition) is 21. The summed E-state index contributed by atoms with van der Waals surface area (Å²) in [4.78, 5) is 91.6. The third-order valence-electron chi connectivity index (χ3n) is 16.4. The fourth-order valence-corrected chi connectivity index (χ4v) is 11.0. The molecule has 5 heterocycles. The summed E-state index contributed by atoms with van der Waals surface area (Å²) in [5.41, 5.74) is 19.5. The summed E-state index contributed by atoms with van der Waals surface area (Å²) in [7, 11) is 0. The van der Waals surface area contributed by atoms with Gasteiger partial charge in [-0.3, -0.25) is 34.0 Å². The zero-order valence-corrected chi connectivity index (χ0v) is 49.9. The smallest absolute Gasteiger partial charge is 0.306 e. The van der Waals surface area contributed by atoms with Crippen LogP contribution in [0.2, 0.25) is 0 Å². The highest BCUT2D eigenvalue weighted by molar-refractivity contribution is 5.96. The van der Waals surface area contributed by atoms with E-state index in [2.05, 4.69) is 36.6 Å². The minimum Gasteiger partial charge on any atom is -0.462 e. The molecule has 0 spiro atoms. The molecule has 36 nitrogen and oxygen atoms in total. The normalized spacial score (nSPS) is 32.3. The molecular formula is C56H83N11O25. The predicted molar refractivity (Wildman–Crippen MR) is 311 cm³/mol. The molecule has 7 rings (SSSR count). The summed E-state index contributed by atoms with van der Waals surface area (Å²) in [5.74, 6) is -7.04. The summed E-state index contributed by atoms with van der Waals surface area (Å²) in [5, 5.41) is 153. The van der Waals surface area contributed by atoms with Gasteiger partial charge in [-0.15, -0.1) is 0 Å². The molecule has 512 valence electrons. The molecule has 5 aliphatic heterocycles. The molecule has 25 unspecified atom stereocenters. The van der Waals surface area contributed by atoms with E-state index in [1.54, 1.807) is 44.2 Å². The van der Waals surface area contributed by atoms with Crippen molar-refractivity contribution in [1.82, 2.24) is 31.5 Å². The maximum atomic E-state index is 14.9. The van der Waals surface area contributed by atoms with Gasteiger partial charge >= 0.3 is 5.97 Å². The predicted octanol–water partition coefficient (Wildman–Crippen LogP) is -11.3. The number of nitrogens with two attached hydrogens (primary N) is 3. The van der Waals surface area contributed by atoms with Crippen LogP contribution < -0.4 is 48.5 Å². The minimum atomic E-state index is -2.26. The largest absolute Gasteiger partial charge is 0.462 e. The van der Waals surface area contributed by atoms with Crippen LogP contribution in [-0.4, -0.2) is 305 Å². The molecule has 2 aromatic rings. The fraction of sp³-hybridized carbons (Fsp3) is 0.643. The molecule has 4 amide bonds. The molecule has 5 aliphatic rings. The summed E-state index contributed by atoms with van der Waals surface area (Å²) >= 11 is 0. The number of esters is 1. The van der Waals surface area contributed by atoms with E-state index in [4.69, 9.17) is 45.6 Å². The molecule has 0 bridgehead atoms. The number of carbonyl (C=O) groups excluding carboxylic acids is 6. The molecule has 3 saturated heterocycles.